The number of nitrogens with one attached hydrogen (secondary N) is 1. The first-order chi connectivity index (χ1) is 11.4. The lowest BCUT2D eigenvalue weighted by Crippen LogP contribution is -2.39. The van der Waals surface area contributed by atoms with E-state index in [4.69, 9.17) is 32.5 Å². The molecular formula is C14H30N4O7. The topological polar surface area (TPSA) is 219 Å². The van der Waals surface area contributed by atoms with Gasteiger partial charge in [-0.05, 0) is 39.7 Å². The van der Waals surface area contributed by atoms with Crippen molar-refractivity contribution in [2.45, 2.75) is 58.2 Å². The van der Waals surface area contributed by atoms with Crippen molar-refractivity contribution in [3.05, 3.63) is 0 Å². The Balaban J connectivity index is -0.000000336. The number of hydrogen-bond donors (Lipinski definition) is 7. The fourth-order valence-corrected chi connectivity index (χ4v) is 0.996. The van der Waals surface area contributed by atoms with Crippen LogP contribution in [0.4, 0.5) is 0 Å². The van der Waals surface area contributed by atoms with Gasteiger partial charge in [0, 0.05) is 6.92 Å². The van der Waals surface area contributed by atoms with Crippen molar-refractivity contribution in [3.63, 3.8) is 0 Å². The number of hydrogen-bond acceptors (Lipinski definition) is 7. The Morgan fingerprint density at radius 1 is 0.880 bits per heavy atom. The van der Waals surface area contributed by atoms with Gasteiger partial charge < -0.3 is 37.8 Å². The predicted molar refractivity (Wildman–Crippen MR) is 90.7 cm³/mol. The highest BCUT2D eigenvalue weighted by Gasteiger charge is 2.16. The van der Waals surface area contributed by atoms with Crippen LogP contribution in [0.1, 0.15) is 40.0 Å². The maximum absolute atomic E-state index is 10.6. The van der Waals surface area contributed by atoms with Crippen molar-refractivity contribution in [1.82, 2.24) is 5.32 Å². The monoisotopic (exact) mass is 366 g/mol. The van der Waals surface area contributed by atoms with Gasteiger partial charge >= 0.3 is 17.9 Å². The van der Waals surface area contributed by atoms with Crippen molar-refractivity contribution >= 4 is 23.8 Å². The molecule has 0 aromatic heterocycles. The maximum Gasteiger partial charge on any atom is 0.326 e. The Hall–Kier alpha value is -2.24. The van der Waals surface area contributed by atoms with Crippen LogP contribution in [0.25, 0.3) is 0 Å². The predicted octanol–water partition coefficient (Wildman–Crippen LogP) is -1.46. The van der Waals surface area contributed by atoms with Crippen LogP contribution in [-0.4, -0.2) is 63.8 Å². The van der Waals surface area contributed by atoms with Gasteiger partial charge in [0.25, 0.3) is 0 Å². The van der Waals surface area contributed by atoms with Gasteiger partial charge in [-0.2, -0.15) is 0 Å². The molecule has 11 nitrogen and oxygen atoms in total. The number of rotatable bonds is 8. The summed E-state index contributed by atoms with van der Waals surface area (Å²) in [5.74, 6) is -3.24. The van der Waals surface area contributed by atoms with Crippen LogP contribution >= 0.6 is 0 Å². The van der Waals surface area contributed by atoms with Crippen LogP contribution in [0.15, 0.2) is 0 Å². The quantitative estimate of drug-likeness (QED) is 0.247. The Bertz CT molecular complexity index is 396. The molecule has 0 aromatic rings. The molecule has 0 saturated heterocycles. The molecule has 0 fully saturated rings. The Morgan fingerprint density at radius 2 is 1.24 bits per heavy atom. The number of aliphatic carboxylic acids is 3. The molecule has 0 bridgehead atoms. The smallest absolute Gasteiger partial charge is 0.326 e. The molecule has 0 rings (SSSR count). The zero-order chi connectivity index (χ0) is 20.6. The van der Waals surface area contributed by atoms with Crippen molar-refractivity contribution < 1.29 is 34.5 Å². The number of carbonyl (C=O) groups excluding carboxylic acids is 1. The second-order valence-corrected chi connectivity index (χ2v) is 5.13. The van der Waals surface area contributed by atoms with Gasteiger partial charge in [-0.15, -0.1) is 0 Å². The van der Waals surface area contributed by atoms with E-state index >= 15 is 0 Å². The summed E-state index contributed by atoms with van der Waals surface area (Å²) in [6, 6.07) is -2.24. The van der Waals surface area contributed by atoms with E-state index in [1.807, 2.05) is 0 Å². The second kappa shape index (κ2) is 16.6. The van der Waals surface area contributed by atoms with Crippen LogP contribution in [0, 0.1) is 0 Å². The number of carboxylic acids is 3. The zero-order valence-corrected chi connectivity index (χ0v) is 14.8. The fraction of sp³-hybridized carbons (Fsp3) is 0.714. The average molecular weight is 366 g/mol. The summed E-state index contributed by atoms with van der Waals surface area (Å²) in [5.41, 5.74) is 14.9. The summed E-state index contributed by atoms with van der Waals surface area (Å²) < 4.78 is 0. The molecule has 0 saturated carbocycles. The van der Waals surface area contributed by atoms with E-state index in [9.17, 15) is 19.2 Å². The summed E-state index contributed by atoms with van der Waals surface area (Å²) in [5, 5.41) is 26.8. The van der Waals surface area contributed by atoms with Gasteiger partial charge in [0.2, 0.25) is 5.91 Å². The average Bonchev–Trinajstić information content (AvgIpc) is 2.46. The molecule has 0 unspecified atom stereocenters. The summed E-state index contributed by atoms with van der Waals surface area (Å²) in [6.45, 7) is 4.69. The minimum Gasteiger partial charge on any atom is -0.480 e. The van der Waals surface area contributed by atoms with E-state index in [-0.39, 0.29) is 5.91 Å². The molecule has 0 heterocycles. The van der Waals surface area contributed by atoms with Gasteiger partial charge in [-0.3, -0.25) is 14.4 Å². The summed E-state index contributed by atoms with van der Waals surface area (Å²) >= 11 is 0. The molecule has 25 heavy (non-hydrogen) atoms. The number of carbonyl (C=O) groups is 4. The third-order valence-corrected chi connectivity index (χ3v) is 2.40. The van der Waals surface area contributed by atoms with E-state index in [0.29, 0.717) is 19.4 Å². The van der Waals surface area contributed by atoms with Crippen molar-refractivity contribution in [2.75, 3.05) is 6.54 Å². The molecule has 10 N–H and O–H groups in total. The minimum atomic E-state index is -0.993. The van der Waals surface area contributed by atoms with Crippen LogP contribution in [0.3, 0.4) is 0 Å². The molecule has 0 aromatic carbocycles. The lowest BCUT2D eigenvalue weighted by atomic mass is 10.1. The van der Waals surface area contributed by atoms with Crippen LogP contribution in [-0.2, 0) is 19.2 Å². The van der Waals surface area contributed by atoms with Gasteiger partial charge in [0.1, 0.15) is 18.1 Å². The van der Waals surface area contributed by atoms with E-state index in [0.717, 1.165) is 6.42 Å². The highest BCUT2D eigenvalue weighted by atomic mass is 16.4. The Morgan fingerprint density at radius 3 is 1.44 bits per heavy atom. The molecule has 0 radical (unpaired) electrons. The van der Waals surface area contributed by atoms with Crippen molar-refractivity contribution in [3.8, 4) is 0 Å². The van der Waals surface area contributed by atoms with Crippen molar-refractivity contribution in [1.29, 1.82) is 0 Å². The molecule has 0 aliphatic rings. The molecular weight excluding hydrogens is 336 g/mol. The van der Waals surface area contributed by atoms with E-state index in [2.05, 4.69) is 5.32 Å². The Labute approximate surface area is 146 Å². The lowest BCUT2D eigenvalue weighted by molar-refractivity contribution is -0.141. The van der Waals surface area contributed by atoms with Gasteiger partial charge in [0.05, 0.1) is 0 Å². The number of unbranched alkanes of at least 4 members (excludes halogenated alkanes) is 1. The molecule has 3 atom stereocenters. The van der Waals surface area contributed by atoms with Gasteiger partial charge in [-0.1, -0.05) is 0 Å². The highest BCUT2D eigenvalue weighted by molar-refractivity contribution is 5.81. The van der Waals surface area contributed by atoms with Gasteiger partial charge in [-0.25, -0.2) is 4.79 Å². The second-order valence-electron chi connectivity index (χ2n) is 5.13. The summed E-state index contributed by atoms with van der Waals surface area (Å²) in [4.78, 5) is 40.3. The molecule has 0 spiro atoms. The first kappa shape index (κ1) is 27.6. The molecule has 11 heteroatoms. The minimum absolute atomic E-state index is 0.319. The van der Waals surface area contributed by atoms with E-state index in [1.165, 1.54) is 20.8 Å². The third-order valence-electron chi connectivity index (χ3n) is 2.40. The summed E-state index contributed by atoms with van der Waals surface area (Å²) in [6.07, 6.45) is 1.93. The number of nitrogens with two attached hydrogens (primary N) is 3. The number of amides is 1. The largest absolute Gasteiger partial charge is 0.480 e. The third kappa shape index (κ3) is 24.1. The van der Waals surface area contributed by atoms with E-state index in [1.54, 1.807) is 0 Å². The standard InChI is InChI=1S/C8H16N2O3.2C3H7NO2/c1-6(11)10-7(8(12)13)4-2-3-5-9;2*1-2(4)3(5)6/h7H,2-5,9H2,1H3,(H,10,11)(H,12,13);2*2H,4H2,1H3,(H,5,6)/t7-;2*2-/m011/s1. The zero-order valence-electron chi connectivity index (χ0n) is 14.8. The first-order valence-electron chi connectivity index (χ1n) is 7.53. The van der Waals surface area contributed by atoms with Crippen LogP contribution < -0.4 is 22.5 Å². The molecule has 148 valence electrons. The Kier molecular flexibility index (Phi) is 18.3. The van der Waals surface area contributed by atoms with Crippen molar-refractivity contribution in [2.24, 2.45) is 17.2 Å². The molecule has 1 amide bonds. The van der Waals surface area contributed by atoms with E-state index < -0.39 is 36.0 Å². The maximum atomic E-state index is 10.6. The SMILES string of the molecule is CC(=O)N[C@@H](CCCCN)C(=O)O.C[C@@H](N)C(=O)O.C[C@@H](N)C(=O)O. The van der Waals surface area contributed by atoms with Crippen LogP contribution in [0.5, 0.6) is 0 Å². The number of carboxylic acid groups (broad SMARTS) is 3. The normalized spacial score (nSPS) is 12.9. The van der Waals surface area contributed by atoms with Gasteiger partial charge in [0.15, 0.2) is 0 Å². The lowest BCUT2D eigenvalue weighted by Gasteiger charge is -2.12. The molecule has 0 aliphatic heterocycles. The fourth-order valence-electron chi connectivity index (χ4n) is 0.996. The highest BCUT2D eigenvalue weighted by Crippen LogP contribution is 2.00. The first-order valence-corrected chi connectivity index (χ1v) is 7.53. The van der Waals surface area contributed by atoms with Crippen LogP contribution in [0.2, 0.25) is 0 Å². The molecule has 0 aliphatic carbocycles. The summed E-state index contributed by atoms with van der Waals surface area (Å²) in [7, 11) is 0.